The van der Waals surface area contributed by atoms with Gasteiger partial charge in [0.25, 0.3) is 0 Å². The Morgan fingerprint density at radius 2 is 1.93 bits per heavy atom. The molecular formula is C22H31NO3S2. The highest BCUT2D eigenvalue weighted by molar-refractivity contribution is 7.99. The topological polar surface area (TPSA) is 54.5 Å². The van der Waals surface area contributed by atoms with Crippen molar-refractivity contribution < 1.29 is 13.2 Å². The van der Waals surface area contributed by atoms with Gasteiger partial charge < -0.3 is 0 Å². The minimum atomic E-state index is -3.45. The van der Waals surface area contributed by atoms with Gasteiger partial charge in [0.1, 0.15) is 5.78 Å². The molecule has 0 radical (unpaired) electrons. The summed E-state index contributed by atoms with van der Waals surface area (Å²) in [5.74, 6) is 1.33. The molecule has 1 aliphatic heterocycles. The predicted molar refractivity (Wildman–Crippen MR) is 115 cm³/mol. The lowest BCUT2D eigenvalue weighted by Crippen LogP contribution is -2.47. The fourth-order valence-electron chi connectivity index (χ4n) is 5.74. The second kappa shape index (κ2) is 7.13. The SMILES string of the molecule is Cc1ccccc1C1CCN(S(=O)(=O)CC23CCC(CC2=O)C3(C)C)CCS1. The van der Waals surface area contributed by atoms with E-state index in [9.17, 15) is 13.2 Å². The molecule has 3 atom stereocenters. The number of rotatable bonds is 4. The van der Waals surface area contributed by atoms with Gasteiger partial charge in [-0.05, 0) is 48.6 Å². The van der Waals surface area contributed by atoms with Crippen LogP contribution in [0.1, 0.15) is 55.9 Å². The maximum absolute atomic E-state index is 13.4. The summed E-state index contributed by atoms with van der Waals surface area (Å²) in [6.07, 6.45) is 3.10. The molecule has 3 fully saturated rings. The molecule has 4 rings (SSSR count). The second-order valence-electron chi connectivity index (χ2n) is 9.33. The third-order valence-corrected chi connectivity index (χ3v) is 11.1. The van der Waals surface area contributed by atoms with Gasteiger partial charge in [-0.15, -0.1) is 0 Å². The van der Waals surface area contributed by atoms with Crippen LogP contribution in [0.3, 0.4) is 0 Å². The molecule has 0 aromatic heterocycles. The van der Waals surface area contributed by atoms with Crippen LogP contribution in [0.4, 0.5) is 0 Å². The van der Waals surface area contributed by atoms with Crippen LogP contribution in [0.5, 0.6) is 0 Å². The third-order valence-electron chi connectivity index (χ3n) is 7.80. The lowest BCUT2D eigenvalue weighted by atomic mass is 9.70. The number of thioether (sulfide) groups is 1. The van der Waals surface area contributed by atoms with Crippen LogP contribution < -0.4 is 0 Å². The average Bonchev–Trinajstić information content (AvgIpc) is 2.89. The average molecular weight is 422 g/mol. The molecule has 1 aromatic rings. The summed E-state index contributed by atoms with van der Waals surface area (Å²) >= 11 is 1.85. The van der Waals surface area contributed by atoms with E-state index in [1.54, 1.807) is 4.31 Å². The number of benzene rings is 1. The number of hydrogen-bond acceptors (Lipinski definition) is 4. The van der Waals surface area contributed by atoms with Crippen LogP contribution in [0.25, 0.3) is 0 Å². The first-order chi connectivity index (χ1) is 13.2. The van der Waals surface area contributed by atoms with Gasteiger partial charge in [0.2, 0.25) is 10.0 Å². The Bertz CT molecular complexity index is 880. The molecule has 2 aliphatic carbocycles. The summed E-state index contributed by atoms with van der Waals surface area (Å²) in [5, 5.41) is 0.333. The molecule has 6 heteroatoms. The molecule has 28 heavy (non-hydrogen) atoms. The lowest BCUT2D eigenvalue weighted by molar-refractivity contribution is -0.128. The molecule has 0 spiro atoms. The van der Waals surface area contributed by atoms with E-state index in [4.69, 9.17) is 0 Å². The lowest BCUT2D eigenvalue weighted by Gasteiger charge is -2.37. The van der Waals surface area contributed by atoms with Crippen molar-refractivity contribution in [3.05, 3.63) is 35.4 Å². The van der Waals surface area contributed by atoms with Gasteiger partial charge in [-0.3, -0.25) is 4.79 Å². The van der Waals surface area contributed by atoms with E-state index in [2.05, 4.69) is 39.0 Å². The summed E-state index contributed by atoms with van der Waals surface area (Å²) in [7, 11) is -3.45. The van der Waals surface area contributed by atoms with Crippen molar-refractivity contribution in [2.45, 2.75) is 51.7 Å². The molecule has 4 nitrogen and oxygen atoms in total. The zero-order valence-corrected chi connectivity index (χ0v) is 18.7. The summed E-state index contributed by atoms with van der Waals surface area (Å²) < 4.78 is 28.4. The van der Waals surface area contributed by atoms with E-state index in [1.165, 1.54) is 11.1 Å². The second-order valence-corrected chi connectivity index (χ2v) is 12.6. The van der Waals surface area contributed by atoms with E-state index in [0.717, 1.165) is 25.0 Å². The molecule has 0 amide bonds. The number of fused-ring (bicyclic) bond motifs is 2. The Labute approximate surface area is 173 Å². The fraction of sp³-hybridized carbons (Fsp3) is 0.682. The summed E-state index contributed by atoms with van der Waals surface area (Å²) in [6.45, 7) is 7.43. The third kappa shape index (κ3) is 3.16. The van der Waals surface area contributed by atoms with Crippen LogP contribution in [-0.4, -0.2) is 43.1 Å². The Morgan fingerprint density at radius 1 is 1.18 bits per heavy atom. The molecule has 3 aliphatic rings. The van der Waals surface area contributed by atoms with Crippen molar-refractivity contribution >= 4 is 27.6 Å². The highest BCUT2D eigenvalue weighted by atomic mass is 32.2. The maximum Gasteiger partial charge on any atom is 0.215 e. The minimum absolute atomic E-state index is 0.00202. The van der Waals surface area contributed by atoms with Gasteiger partial charge >= 0.3 is 0 Å². The Kier molecular flexibility index (Phi) is 5.20. The van der Waals surface area contributed by atoms with Gasteiger partial charge in [0.15, 0.2) is 0 Å². The fourth-order valence-corrected chi connectivity index (χ4v) is 9.41. The molecule has 1 saturated heterocycles. The number of carbonyl (C=O) groups excluding carboxylic acids is 1. The van der Waals surface area contributed by atoms with Crippen molar-refractivity contribution in [1.29, 1.82) is 0 Å². The van der Waals surface area contributed by atoms with E-state index >= 15 is 0 Å². The molecule has 0 N–H and O–H groups in total. The van der Waals surface area contributed by atoms with E-state index in [-0.39, 0.29) is 17.0 Å². The van der Waals surface area contributed by atoms with Crippen molar-refractivity contribution in [2.24, 2.45) is 16.7 Å². The first-order valence-corrected chi connectivity index (χ1v) is 13.0. The molecular weight excluding hydrogens is 390 g/mol. The van der Waals surface area contributed by atoms with Crippen molar-refractivity contribution in [1.82, 2.24) is 4.31 Å². The van der Waals surface area contributed by atoms with Crippen molar-refractivity contribution in [3.8, 4) is 0 Å². The van der Waals surface area contributed by atoms with E-state index in [0.29, 0.717) is 30.7 Å². The number of carbonyl (C=O) groups is 1. The molecule has 3 unspecified atom stereocenters. The number of ketones is 1. The van der Waals surface area contributed by atoms with Crippen LogP contribution in [0.2, 0.25) is 0 Å². The summed E-state index contributed by atoms with van der Waals surface area (Å²) in [5.41, 5.74) is 1.70. The first kappa shape index (κ1) is 20.4. The van der Waals surface area contributed by atoms with E-state index < -0.39 is 15.4 Å². The molecule has 2 bridgehead atoms. The molecule has 1 heterocycles. The van der Waals surface area contributed by atoms with Gasteiger partial charge in [-0.2, -0.15) is 11.8 Å². The summed E-state index contributed by atoms with van der Waals surface area (Å²) in [4.78, 5) is 12.8. The Balaban J connectivity index is 1.51. The zero-order valence-electron chi connectivity index (χ0n) is 17.1. The molecule has 1 aromatic carbocycles. The summed E-state index contributed by atoms with van der Waals surface area (Å²) in [6, 6.07) is 8.39. The van der Waals surface area contributed by atoms with Crippen LogP contribution in [0, 0.1) is 23.7 Å². The van der Waals surface area contributed by atoms with Gasteiger partial charge in [-0.1, -0.05) is 38.1 Å². The van der Waals surface area contributed by atoms with Crippen molar-refractivity contribution in [3.63, 3.8) is 0 Å². The van der Waals surface area contributed by atoms with Crippen molar-refractivity contribution in [2.75, 3.05) is 24.6 Å². The number of aryl methyl sites for hydroxylation is 1. The number of sulfonamides is 1. The standard InChI is InChI=1S/C22H31NO3S2/c1-16-6-4-5-7-18(16)19-9-11-23(12-13-27-19)28(25,26)15-22-10-8-17(14-20(22)24)21(22,2)3/h4-7,17,19H,8-15H2,1-3H3. The smallest absolute Gasteiger partial charge is 0.215 e. The molecule has 2 saturated carbocycles. The van der Waals surface area contributed by atoms with E-state index in [1.807, 2.05) is 17.8 Å². The minimum Gasteiger partial charge on any atom is -0.299 e. The van der Waals surface area contributed by atoms with Gasteiger partial charge in [0.05, 0.1) is 5.75 Å². The zero-order chi connectivity index (χ0) is 20.2. The largest absolute Gasteiger partial charge is 0.299 e. The van der Waals surface area contributed by atoms with Crippen LogP contribution >= 0.6 is 11.8 Å². The van der Waals surface area contributed by atoms with Crippen LogP contribution in [-0.2, 0) is 14.8 Å². The maximum atomic E-state index is 13.4. The highest BCUT2D eigenvalue weighted by Gasteiger charge is 2.65. The number of Topliss-reactive ketones (excluding diaryl/α,β-unsaturated/α-hetero) is 1. The molecule has 154 valence electrons. The monoisotopic (exact) mass is 421 g/mol. The highest BCUT2D eigenvalue weighted by Crippen LogP contribution is 2.64. The first-order valence-electron chi connectivity index (χ1n) is 10.4. The number of hydrogen-bond donors (Lipinski definition) is 0. The van der Waals surface area contributed by atoms with Crippen LogP contribution in [0.15, 0.2) is 24.3 Å². The Hall–Kier alpha value is -0.850. The quantitative estimate of drug-likeness (QED) is 0.731. The predicted octanol–water partition coefficient (Wildman–Crippen LogP) is 4.20. The normalized spacial score (nSPS) is 33.2. The van der Waals surface area contributed by atoms with Gasteiger partial charge in [0, 0.05) is 35.9 Å². The Morgan fingerprint density at radius 3 is 2.57 bits per heavy atom. The number of nitrogens with zero attached hydrogens (tertiary/aromatic N) is 1. The van der Waals surface area contributed by atoms with Gasteiger partial charge in [-0.25, -0.2) is 12.7 Å².